The molecule has 0 saturated heterocycles. The van der Waals surface area contributed by atoms with Crippen molar-refractivity contribution in [3.05, 3.63) is 114 Å². The van der Waals surface area contributed by atoms with Crippen LogP contribution in [0.2, 0.25) is 0 Å². The van der Waals surface area contributed by atoms with Crippen molar-refractivity contribution in [3.63, 3.8) is 0 Å². The van der Waals surface area contributed by atoms with E-state index in [4.69, 9.17) is 4.74 Å². The van der Waals surface area contributed by atoms with Gasteiger partial charge in [-0.25, -0.2) is 14.6 Å². The summed E-state index contributed by atoms with van der Waals surface area (Å²) in [6.07, 6.45) is 0. The minimum absolute atomic E-state index is 0.166. The van der Waals surface area contributed by atoms with Crippen molar-refractivity contribution < 1.29 is 19.1 Å². The van der Waals surface area contributed by atoms with Crippen molar-refractivity contribution in [1.82, 2.24) is 9.55 Å². The average Bonchev–Trinajstić information content (AvgIpc) is 3.31. The third-order valence-corrected chi connectivity index (χ3v) is 6.48. The molecule has 39 heavy (non-hydrogen) atoms. The topological polar surface area (TPSA) is 102 Å². The van der Waals surface area contributed by atoms with Gasteiger partial charge in [0.1, 0.15) is 5.69 Å². The van der Waals surface area contributed by atoms with E-state index in [0.717, 1.165) is 27.2 Å². The van der Waals surface area contributed by atoms with Gasteiger partial charge in [-0.1, -0.05) is 60.7 Å². The summed E-state index contributed by atoms with van der Waals surface area (Å²) < 4.78 is 6.48. The molecule has 2 N–H and O–H groups in total. The molecule has 2 amide bonds. The van der Waals surface area contributed by atoms with E-state index in [2.05, 4.69) is 15.6 Å². The van der Waals surface area contributed by atoms with Crippen LogP contribution in [-0.2, 0) is 4.74 Å². The van der Waals surface area contributed by atoms with Crippen molar-refractivity contribution in [2.75, 3.05) is 17.7 Å². The van der Waals surface area contributed by atoms with Crippen molar-refractivity contribution in [1.29, 1.82) is 0 Å². The number of aromatic nitrogens is 2. The summed E-state index contributed by atoms with van der Waals surface area (Å²) >= 11 is 0. The normalized spacial score (nSPS) is 11.0. The SMILES string of the molecule is COC(=O)c1cc(NC(=O)c2ccc3ccccc3n2)cc(NC(=O)n2c3ccccc3c3ccccc32)c1. The summed E-state index contributed by atoms with van der Waals surface area (Å²) in [5.41, 5.74) is 3.18. The molecule has 0 unspecified atom stereocenters. The van der Waals surface area contributed by atoms with Gasteiger partial charge in [0.05, 0.1) is 29.2 Å². The second-order valence-electron chi connectivity index (χ2n) is 8.93. The van der Waals surface area contributed by atoms with Crippen molar-refractivity contribution in [2.24, 2.45) is 0 Å². The van der Waals surface area contributed by atoms with Crippen molar-refractivity contribution in [2.45, 2.75) is 0 Å². The molecule has 8 heteroatoms. The summed E-state index contributed by atoms with van der Waals surface area (Å²) in [4.78, 5) is 43.5. The smallest absolute Gasteiger partial charge is 0.337 e. The zero-order chi connectivity index (χ0) is 26.9. The highest BCUT2D eigenvalue weighted by Crippen LogP contribution is 2.29. The molecular weight excluding hydrogens is 492 g/mol. The van der Waals surface area contributed by atoms with Crippen LogP contribution >= 0.6 is 0 Å². The predicted molar refractivity (Wildman–Crippen MR) is 151 cm³/mol. The molecule has 0 aliphatic heterocycles. The molecular formula is C31H22N4O4. The first-order valence-electron chi connectivity index (χ1n) is 12.2. The molecule has 6 aromatic rings. The molecule has 0 bridgehead atoms. The zero-order valence-electron chi connectivity index (χ0n) is 20.8. The lowest BCUT2D eigenvalue weighted by Gasteiger charge is -2.13. The first-order chi connectivity index (χ1) is 19.0. The lowest BCUT2D eigenvalue weighted by atomic mass is 10.1. The maximum atomic E-state index is 13.6. The van der Waals surface area contributed by atoms with E-state index in [9.17, 15) is 14.4 Å². The number of para-hydroxylation sites is 3. The van der Waals surface area contributed by atoms with Crippen LogP contribution in [0.5, 0.6) is 0 Å². The van der Waals surface area contributed by atoms with Gasteiger partial charge in [-0.3, -0.25) is 9.36 Å². The average molecular weight is 515 g/mol. The summed E-state index contributed by atoms with van der Waals surface area (Å²) in [6, 6.07) is 30.4. The molecule has 2 heterocycles. The van der Waals surface area contributed by atoms with Gasteiger partial charge < -0.3 is 15.4 Å². The lowest BCUT2D eigenvalue weighted by molar-refractivity contribution is 0.0600. The molecule has 190 valence electrons. The van der Waals surface area contributed by atoms with Gasteiger partial charge in [-0.05, 0) is 42.5 Å². The largest absolute Gasteiger partial charge is 0.465 e. The number of hydrogen-bond acceptors (Lipinski definition) is 5. The van der Waals surface area contributed by atoms with E-state index in [1.54, 1.807) is 16.7 Å². The molecule has 0 aliphatic carbocycles. The Morgan fingerprint density at radius 1 is 0.718 bits per heavy atom. The number of carbonyl (C=O) groups is 3. The third-order valence-electron chi connectivity index (χ3n) is 6.48. The Kier molecular flexibility index (Phi) is 5.97. The molecule has 6 rings (SSSR count). The Labute approximate surface area is 222 Å². The van der Waals surface area contributed by atoms with Crippen LogP contribution in [0, 0.1) is 0 Å². The number of carbonyl (C=O) groups excluding carboxylic acids is 3. The van der Waals surface area contributed by atoms with Crippen LogP contribution in [0.25, 0.3) is 32.7 Å². The lowest BCUT2D eigenvalue weighted by Crippen LogP contribution is -2.20. The standard InChI is InChI=1S/C31H22N4O4/c1-39-30(37)20-16-21(32-29(36)26-15-14-19-8-2-5-11-25(19)34-26)18-22(17-20)33-31(38)35-27-12-6-3-9-23(27)24-10-4-7-13-28(24)35/h2-18H,1H3,(H,32,36)(H,33,38). The molecule has 2 aromatic heterocycles. The summed E-state index contributed by atoms with van der Waals surface area (Å²) in [7, 11) is 1.27. The Morgan fingerprint density at radius 2 is 1.33 bits per heavy atom. The van der Waals surface area contributed by atoms with E-state index in [1.807, 2.05) is 78.9 Å². The molecule has 4 aromatic carbocycles. The number of hydrogen-bond donors (Lipinski definition) is 2. The van der Waals surface area contributed by atoms with Gasteiger partial charge in [0.25, 0.3) is 5.91 Å². The van der Waals surface area contributed by atoms with Crippen molar-refractivity contribution >= 4 is 62.0 Å². The second-order valence-corrected chi connectivity index (χ2v) is 8.93. The van der Waals surface area contributed by atoms with E-state index in [0.29, 0.717) is 16.9 Å². The Balaban J connectivity index is 1.35. The van der Waals surface area contributed by atoms with E-state index in [1.165, 1.54) is 19.2 Å². The number of nitrogens with zero attached hydrogens (tertiary/aromatic N) is 2. The fourth-order valence-electron chi connectivity index (χ4n) is 4.72. The van der Waals surface area contributed by atoms with Gasteiger partial charge in [-0.2, -0.15) is 0 Å². The number of nitrogens with one attached hydrogen (secondary N) is 2. The fourth-order valence-corrected chi connectivity index (χ4v) is 4.72. The monoisotopic (exact) mass is 514 g/mol. The summed E-state index contributed by atoms with van der Waals surface area (Å²) in [5, 5.41) is 8.46. The molecule has 0 saturated carbocycles. The van der Waals surface area contributed by atoms with Crippen LogP contribution in [-0.4, -0.2) is 34.6 Å². The van der Waals surface area contributed by atoms with E-state index < -0.39 is 17.9 Å². The first kappa shape index (κ1) is 23.9. The number of methoxy groups -OCH3 is 1. The van der Waals surface area contributed by atoms with Crippen LogP contribution in [0.15, 0.2) is 103 Å². The van der Waals surface area contributed by atoms with Gasteiger partial charge >= 0.3 is 12.0 Å². The zero-order valence-corrected chi connectivity index (χ0v) is 20.8. The molecule has 0 radical (unpaired) electrons. The molecule has 0 fully saturated rings. The first-order valence-corrected chi connectivity index (χ1v) is 12.2. The maximum absolute atomic E-state index is 13.6. The number of rotatable bonds is 4. The minimum Gasteiger partial charge on any atom is -0.465 e. The van der Waals surface area contributed by atoms with Crippen molar-refractivity contribution in [3.8, 4) is 0 Å². The highest BCUT2D eigenvalue weighted by molar-refractivity contribution is 6.15. The number of ether oxygens (including phenoxy) is 1. The summed E-state index contributed by atoms with van der Waals surface area (Å²) in [6.45, 7) is 0. The third kappa shape index (κ3) is 4.44. The Morgan fingerprint density at radius 3 is 2.03 bits per heavy atom. The molecule has 0 spiro atoms. The molecule has 0 atom stereocenters. The van der Waals surface area contributed by atoms with Crippen LogP contribution in [0.4, 0.5) is 16.2 Å². The number of anilines is 2. The number of fused-ring (bicyclic) bond motifs is 4. The van der Waals surface area contributed by atoms with Crippen LogP contribution in [0.1, 0.15) is 20.8 Å². The summed E-state index contributed by atoms with van der Waals surface area (Å²) in [5.74, 6) is -1.07. The Hall–Kier alpha value is -5.50. The number of amides is 2. The van der Waals surface area contributed by atoms with Crippen LogP contribution in [0.3, 0.4) is 0 Å². The number of benzene rings is 4. The van der Waals surface area contributed by atoms with E-state index >= 15 is 0 Å². The van der Waals surface area contributed by atoms with Gasteiger partial charge in [0.2, 0.25) is 0 Å². The highest BCUT2D eigenvalue weighted by atomic mass is 16.5. The quantitative estimate of drug-likeness (QED) is 0.263. The molecule has 8 nitrogen and oxygen atoms in total. The highest BCUT2D eigenvalue weighted by Gasteiger charge is 2.18. The predicted octanol–water partition coefficient (Wildman–Crippen LogP) is 6.46. The number of pyridine rings is 1. The Bertz CT molecular complexity index is 1870. The van der Waals surface area contributed by atoms with Gasteiger partial charge in [0, 0.05) is 27.5 Å². The maximum Gasteiger partial charge on any atom is 0.337 e. The van der Waals surface area contributed by atoms with E-state index in [-0.39, 0.29) is 11.3 Å². The second kappa shape index (κ2) is 9.75. The molecule has 0 aliphatic rings. The van der Waals surface area contributed by atoms with Gasteiger partial charge in [0.15, 0.2) is 0 Å². The number of esters is 1. The van der Waals surface area contributed by atoms with Crippen LogP contribution < -0.4 is 10.6 Å². The van der Waals surface area contributed by atoms with Gasteiger partial charge in [-0.15, -0.1) is 0 Å². The fraction of sp³-hybridized carbons (Fsp3) is 0.0323. The minimum atomic E-state index is -0.609.